The van der Waals surface area contributed by atoms with Gasteiger partial charge in [0.2, 0.25) is 0 Å². The Balaban J connectivity index is 1.36. The van der Waals surface area contributed by atoms with Crippen LogP contribution in [0.4, 0.5) is 4.79 Å². The number of carbonyl (C=O) groups excluding carboxylic acids is 1. The van der Waals surface area contributed by atoms with Crippen LogP contribution in [0, 0.1) is 0 Å². The number of likely N-dealkylation sites (tertiary alicyclic amines) is 1. The molecule has 2 heterocycles. The number of urea groups is 1. The standard InChI is InChI=1S/C19H22ClN3O2/c20-17-5-1-4-15(12-17)16-7-10-23(14-16)19(24)22-9-3-11-25-18-6-2-8-21-13-18/h1-2,4-6,8,12-13,16H,3,7,9-11,14H2,(H,22,24)/t16-/m1/s1. The lowest BCUT2D eigenvalue weighted by Gasteiger charge is -2.17. The Morgan fingerprint density at radius 1 is 1.36 bits per heavy atom. The number of pyridine rings is 1. The van der Waals surface area contributed by atoms with Crippen molar-refractivity contribution in [3.63, 3.8) is 0 Å². The predicted molar refractivity (Wildman–Crippen MR) is 98.1 cm³/mol. The summed E-state index contributed by atoms with van der Waals surface area (Å²) in [4.78, 5) is 18.1. The van der Waals surface area contributed by atoms with Crippen molar-refractivity contribution in [1.82, 2.24) is 15.2 Å². The van der Waals surface area contributed by atoms with Crippen LogP contribution in [-0.4, -0.2) is 42.2 Å². The van der Waals surface area contributed by atoms with Crippen molar-refractivity contribution in [2.24, 2.45) is 0 Å². The van der Waals surface area contributed by atoms with E-state index in [9.17, 15) is 4.79 Å². The number of hydrogen-bond acceptors (Lipinski definition) is 3. The summed E-state index contributed by atoms with van der Waals surface area (Å²) in [5.74, 6) is 1.11. The lowest BCUT2D eigenvalue weighted by molar-refractivity contribution is 0.207. The second kappa shape index (κ2) is 8.72. The first kappa shape index (κ1) is 17.5. The first-order chi connectivity index (χ1) is 12.2. The lowest BCUT2D eigenvalue weighted by atomic mass is 9.99. The van der Waals surface area contributed by atoms with E-state index in [1.807, 2.05) is 35.2 Å². The Hall–Kier alpha value is -2.27. The number of ether oxygens (including phenoxy) is 1. The molecule has 1 aliphatic rings. The van der Waals surface area contributed by atoms with Crippen LogP contribution in [0.2, 0.25) is 5.02 Å². The number of nitrogens with zero attached hydrogens (tertiary/aromatic N) is 2. The number of carbonyl (C=O) groups is 1. The highest BCUT2D eigenvalue weighted by Crippen LogP contribution is 2.28. The molecular weight excluding hydrogens is 338 g/mol. The third kappa shape index (κ3) is 5.10. The summed E-state index contributed by atoms with van der Waals surface area (Å²) in [7, 11) is 0. The smallest absolute Gasteiger partial charge is 0.317 e. The maximum atomic E-state index is 12.3. The minimum absolute atomic E-state index is 0.00842. The van der Waals surface area contributed by atoms with E-state index in [4.69, 9.17) is 16.3 Å². The maximum Gasteiger partial charge on any atom is 0.317 e. The van der Waals surface area contributed by atoms with E-state index < -0.39 is 0 Å². The molecule has 0 unspecified atom stereocenters. The molecule has 3 rings (SSSR count). The van der Waals surface area contributed by atoms with E-state index >= 15 is 0 Å². The Morgan fingerprint density at radius 3 is 3.08 bits per heavy atom. The summed E-state index contributed by atoms with van der Waals surface area (Å²) in [5, 5.41) is 3.70. The first-order valence-electron chi connectivity index (χ1n) is 8.53. The molecule has 0 saturated carbocycles. The molecule has 6 heteroatoms. The summed E-state index contributed by atoms with van der Waals surface area (Å²) >= 11 is 6.06. The van der Waals surface area contributed by atoms with Crippen molar-refractivity contribution >= 4 is 17.6 Å². The minimum atomic E-state index is -0.00842. The van der Waals surface area contributed by atoms with Gasteiger partial charge in [0.05, 0.1) is 12.8 Å². The van der Waals surface area contributed by atoms with E-state index in [2.05, 4.69) is 16.4 Å². The zero-order valence-corrected chi connectivity index (χ0v) is 14.8. The number of benzene rings is 1. The summed E-state index contributed by atoms with van der Waals surface area (Å²) in [6.07, 6.45) is 5.11. The monoisotopic (exact) mass is 359 g/mol. The van der Waals surface area contributed by atoms with Crippen LogP contribution in [0.3, 0.4) is 0 Å². The van der Waals surface area contributed by atoms with Gasteiger partial charge < -0.3 is 15.0 Å². The topological polar surface area (TPSA) is 54.5 Å². The van der Waals surface area contributed by atoms with Gasteiger partial charge in [0.15, 0.2) is 0 Å². The average Bonchev–Trinajstić information content (AvgIpc) is 3.12. The molecule has 1 aliphatic heterocycles. The van der Waals surface area contributed by atoms with Gasteiger partial charge in [0.1, 0.15) is 5.75 Å². The van der Waals surface area contributed by atoms with Crippen LogP contribution in [0.5, 0.6) is 5.75 Å². The van der Waals surface area contributed by atoms with Gasteiger partial charge >= 0.3 is 6.03 Å². The van der Waals surface area contributed by atoms with Gasteiger partial charge in [-0.15, -0.1) is 0 Å². The van der Waals surface area contributed by atoms with Crippen molar-refractivity contribution in [1.29, 1.82) is 0 Å². The van der Waals surface area contributed by atoms with Crippen LogP contribution in [0.1, 0.15) is 24.3 Å². The molecule has 1 aromatic carbocycles. The van der Waals surface area contributed by atoms with Gasteiger partial charge in [-0.1, -0.05) is 23.7 Å². The van der Waals surface area contributed by atoms with Gasteiger partial charge in [-0.25, -0.2) is 4.79 Å². The molecular formula is C19H22ClN3O2. The van der Waals surface area contributed by atoms with Crippen LogP contribution in [0.25, 0.3) is 0 Å². The number of halogens is 1. The predicted octanol–water partition coefficient (Wildman–Crippen LogP) is 3.70. The van der Waals surface area contributed by atoms with Crippen LogP contribution in [-0.2, 0) is 0 Å². The van der Waals surface area contributed by atoms with E-state index in [0.717, 1.165) is 36.7 Å². The molecule has 0 spiro atoms. The highest BCUT2D eigenvalue weighted by atomic mass is 35.5. The molecule has 0 aliphatic carbocycles. The van der Waals surface area contributed by atoms with Crippen molar-refractivity contribution in [2.75, 3.05) is 26.2 Å². The lowest BCUT2D eigenvalue weighted by Crippen LogP contribution is -2.39. The van der Waals surface area contributed by atoms with Gasteiger partial charge in [0.25, 0.3) is 0 Å². The van der Waals surface area contributed by atoms with Gasteiger partial charge in [-0.2, -0.15) is 0 Å². The summed E-state index contributed by atoms with van der Waals surface area (Å²) in [5.41, 5.74) is 1.20. The molecule has 1 saturated heterocycles. The van der Waals surface area contributed by atoms with Crippen molar-refractivity contribution in [2.45, 2.75) is 18.8 Å². The van der Waals surface area contributed by atoms with Crippen LogP contribution in [0.15, 0.2) is 48.8 Å². The van der Waals surface area contributed by atoms with Gasteiger partial charge in [0, 0.05) is 36.8 Å². The highest BCUT2D eigenvalue weighted by Gasteiger charge is 2.27. The molecule has 0 bridgehead atoms. The third-order valence-electron chi connectivity index (χ3n) is 4.30. The molecule has 1 atom stereocenters. The van der Waals surface area contributed by atoms with E-state index in [-0.39, 0.29) is 6.03 Å². The minimum Gasteiger partial charge on any atom is -0.492 e. The van der Waals surface area contributed by atoms with Crippen molar-refractivity contribution in [3.05, 3.63) is 59.4 Å². The largest absolute Gasteiger partial charge is 0.492 e. The molecule has 2 amide bonds. The molecule has 5 nitrogen and oxygen atoms in total. The zero-order chi connectivity index (χ0) is 17.5. The van der Waals surface area contributed by atoms with Gasteiger partial charge in [-0.3, -0.25) is 4.98 Å². The Bertz CT molecular complexity index is 696. The second-order valence-electron chi connectivity index (χ2n) is 6.11. The molecule has 2 aromatic rings. The van der Waals surface area contributed by atoms with Crippen molar-refractivity contribution in [3.8, 4) is 5.75 Å². The van der Waals surface area contributed by atoms with E-state index in [0.29, 0.717) is 19.1 Å². The molecule has 1 fully saturated rings. The average molecular weight is 360 g/mol. The van der Waals surface area contributed by atoms with Gasteiger partial charge in [-0.05, 0) is 42.7 Å². The number of rotatable bonds is 6. The van der Waals surface area contributed by atoms with Crippen molar-refractivity contribution < 1.29 is 9.53 Å². The fourth-order valence-corrected chi connectivity index (χ4v) is 3.18. The first-order valence-corrected chi connectivity index (χ1v) is 8.91. The quantitative estimate of drug-likeness (QED) is 0.800. The fraction of sp³-hybridized carbons (Fsp3) is 0.368. The Labute approximate surface area is 153 Å². The molecule has 25 heavy (non-hydrogen) atoms. The van der Waals surface area contributed by atoms with E-state index in [1.54, 1.807) is 12.4 Å². The van der Waals surface area contributed by atoms with Crippen LogP contribution >= 0.6 is 11.6 Å². The normalized spacial score (nSPS) is 16.7. The number of hydrogen-bond donors (Lipinski definition) is 1. The third-order valence-corrected chi connectivity index (χ3v) is 4.53. The summed E-state index contributed by atoms with van der Waals surface area (Å²) in [6.45, 7) is 2.65. The SMILES string of the molecule is O=C(NCCCOc1cccnc1)N1CC[C@@H](c2cccc(Cl)c2)C1. The summed E-state index contributed by atoms with van der Waals surface area (Å²) < 4.78 is 5.56. The zero-order valence-electron chi connectivity index (χ0n) is 14.0. The molecule has 132 valence electrons. The maximum absolute atomic E-state index is 12.3. The second-order valence-corrected chi connectivity index (χ2v) is 6.55. The van der Waals surface area contributed by atoms with E-state index in [1.165, 1.54) is 5.56 Å². The summed E-state index contributed by atoms with van der Waals surface area (Å²) in [6, 6.07) is 11.6. The number of amides is 2. The van der Waals surface area contributed by atoms with Crippen LogP contribution < -0.4 is 10.1 Å². The Kier molecular flexibility index (Phi) is 6.12. The highest BCUT2D eigenvalue weighted by molar-refractivity contribution is 6.30. The molecule has 1 aromatic heterocycles. The Morgan fingerprint density at radius 2 is 2.28 bits per heavy atom. The molecule has 0 radical (unpaired) electrons. The number of nitrogens with one attached hydrogen (secondary N) is 1. The molecule has 1 N–H and O–H groups in total. The fourth-order valence-electron chi connectivity index (χ4n) is 2.98. The number of aromatic nitrogens is 1.